The first kappa shape index (κ1) is 16.4. The maximum Gasteiger partial charge on any atom is 0.247 e. The monoisotopic (exact) mass is 360 g/mol. The molecule has 5 fully saturated rings. The minimum Gasteiger partial charge on any atom is -0.289 e. The number of hydrogen-bond acceptors (Lipinski definition) is 6. The van der Waals surface area contributed by atoms with Crippen molar-refractivity contribution in [2.45, 2.75) is 62.7 Å². The van der Waals surface area contributed by atoms with Crippen LogP contribution < -0.4 is 0 Å². The van der Waals surface area contributed by atoms with Crippen molar-refractivity contribution in [2.75, 3.05) is 26.2 Å². The van der Waals surface area contributed by atoms with Gasteiger partial charge in [0.25, 0.3) is 0 Å². The minimum atomic E-state index is -0.339. The highest BCUT2D eigenvalue weighted by Gasteiger charge is 2.50. The highest BCUT2D eigenvalue weighted by Crippen LogP contribution is 2.35. The Kier molecular flexibility index (Phi) is 3.69. The molecule has 0 aromatic heterocycles. The third-order valence-corrected chi connectivity index (χ3v) is 6.37. The van der Waals surface area contributed by atoms with Gasteiger partial charge in [0.1, 0.15) is 0 Å². The summed E-state index contributed by atoms with van der Waals surface area (Å²) in [6, 6.07) is -0.406. The van der Waals surface area contributed by atoms with E-state index in [4.69, 9.17) is 0 Å². The number of rotatable bonds is 4. The number of nitrogens with zero attached hydrogens (tertiary/aromatic N) is 4. The van der Waals surface area contributed by atoms with Crippen LogP contribution in [0.2, 0.25) is 0 Å². The fourth-order valence-corrected chi connectivity index (χ4v) is 4.63. The van der Waals surface area contributed by atoms with Gasteiger partial charge in [0.2, 0.25) is 23.6 Å². The van der Waals surface area contributed by atoms with Crippen LogP contribution in [0, 0.1) is 0 Å². The van der Waals surface area contributed by atoms with Crippen LogP contribution in [0.3, 0.4) is 0 Å². The quantitative estimate of drug-likeness (QED) is 0.610. The van der Waals surface area contributed by atoms with E-state index in [-0.39, 0.29) is 60.6 Å². The third kappa shape index (κ3) is 2.58. The zero-order valence-electron chi connectivity index (χ0n) is 14.8. The van der Waals surface area contributed by atoms with Crippen molar-refractivity contribution in [3.8, 4) is 0 Å². The summed E-state index contributed by atoms with van der Waals surface area (Å²) in [5, 5.41) is 0. The molecule has 8 heteroatoms. The molecule has 0 bridgehead atoms. The zero-order chi connectivity index (χ0) is 18.0. The second-order valence-corrected chi connectivity index (χ2v) is 8.18. The van der Waals surface area contributed by atoms with Gasteiger partial charge in [-0.2, -0.15) is 0 Å². The highest BCUT2D eigenvalue weighted by molar-refractivity contribution is 6.06. The van der Waals surface area contributed by atoms with Crippen LogP contribution >= 0.6 is 0 Å². The molecule has 2 aliphatic carbocycles. The Morgan fingerprint density at radius 2 is 0.923 bits per heavy atom. The molecule has 3 saturated heterocycles. The molecule has 0 aromatic carbocycles. The molecule has 0 radical (unpaired) electrons. The molecule has 0 spiro atoms. The molecule has 0 N–H and O–H groups in total. The number of carbonyl (C=O) groups is 4. The van der Waals surface area contributed by atoms with E-state index in [1.807, 2.05) is 0 Å². The molecule has 2 saturated carbocycles. The van der Waals surface area contributed by atoms with Crippen molar-refractivity contribution in [2.24, 2.45) is 0 Å². The van der Waals surface area contributed by atoms with Crippen molar-refractivity contribution in [1.82, 2.24) is 19.6 Å². The van der Waals surface area contributed by atoms with E-state index in [1.165, 1.54) is 9.80 Å². The van der Waals surface area contributed by atoms with Gasteiger partial charge in [-0.3, -0.25) is 38.8 Å². The SMILES string of the molecule is O=C1C[C@@H](N2CCN([C@@H]3CC(=O)N(C4CC4)C3=O)CC2)C(=O)N1C1CC1. The minimum absolute atomic E-state index is 0.0402. The van der Waals surface area contributed by atoms with Gasteiger partial charge in [-0.05, 0) is 25.7 Å². The summed E-state index contributed by atoms with van der Waals surface area (Å²) in [7, 11) is 0. The first-order valence-corrected chi connectivity index (χ1v) is 9.74. The molecule has 140 valence electrons. The van der Waals surface area contributed by atoms with Crippen LogP contribution in [0.5, 0.6) is 0 Å². The lowest BCUT2D eigenvalue weighted by Gasteiger charge is -2.38. The van der Waals surface area contributed by atoms with Crippen LogP contribution in [0.25, 0.3) is 0 Å². The third-order valence-electron chi connectivity index (χ3n) is 6.37. The second kappa shape index (κ2) is 5.85. The van der Waals surface area contributed by atoms with Gasteiger partial charge in [-0.1, -0.05) is 0 Å². The van der Waals surface area contributed by atoms with Crippen molar-refractivity contribution in [1.29, 1.82) is 0 Å². The Balaban J connectivity index is 1.20. The molecule has 5 rings (SSSR count). The number of carbonyl (C=O) groups excluding carboxylic acids is 4. The van der Waals surface area contributed by atoms with Gasteiger partial charge >= 0.3 is 0 Å². The second-order valence-electron chi connectivity index (χ2n) is 8.18. The van der Waals surface area contributed by atoms with E-state index in [0.29, 0.717) is 26.2 Å². The fraction of sp³-hybridized carbons (Fsp3) is 0.778. The highest BCUT2D eigenvalue weighted by atomic mass is 16.2. The molecule has 5 aliphatic rings. The van der Waals surface area contributed by atoms with Crippen LogP contribution in [0.1, 0.15) is 38.5 Å². The normalized spacial score (nSPS) is 34.5. The summed E-state index contributed by atoms with van der Waals surface area (Å²) in [6.07, 6.45) is 4.32. The smallest absolute Gasteiger partial charge is 0.247 e. The summed E-state index contributed by atoms with van der Waals surface area (Å²) in [4.78, 5) is 56.6. The van der Waals surface area contributed by atoms with E-state index in [1.54, 1.807) is 0 Å². The van der Waals surface area contributed by atoms with E-state index >= 15 is 0 Å². The molecule has 26 heavy (non-hydrogen) atoms. The first-order valence-electron chi connectivity index (χ1n) is 9.74. The molecule has 2 atom stereocenters. The largest absolute Gasteiger partial charge is 0.289 e. The zero-order valence-corrected chi connectivity index (χ0v) is 14.8. The topological polar surface area (TPSA) is 81.2 Å². The van der Waals surface area contributed by atoms with Crippen LogP contribution in [-0.4, -0.2) is 93.6 Å². The molecule has 8 nitrogen and oxygen atoms in total. The fourth-order valence-electron chi connectivity index (χ4n) is 4.63. The van der Waals surface area contributed by atoms with Gasteiger partial charge < -0.3 is 0 Å². The predicted molar refractivity (Wildman–Crippen MR) is 89.7 cm³/mol. The maximum atomic E-state index is 12.6. The summed E-state index contributed by atoms with van der Waals surface area (Å²) < 4.78 is 0. The molecule has 4 amide bonds. The van der Waals surface area contributed by atoms with Crippen molar-refractivity contribution < 1.29 is 19.2 Å². The number of piperazine rings is 1. The Morgan fingerprint density at radius 1 is 0.577 bits per heavy atom. The van der Waals surface area contributed by atoms with Crippen LogP contribution in [0.15, 0.2) is 0 Å². The molecule has 0 unspecified atom stereocenters. The average Bonchev–Trinajstić information content (AvgIpc) is 3.54. The lowest BCUT2D eigenvalue weighted by atomic mass is 10.1. The van der Waals surface area contributed by atoms with Crippen molar-refractivity contribution >= 4 is 23.6 Å². The Morgan fingerprint density at radius 3 is 1.23 bits per heavy atom. The first-order chi connectivity index (χ1) is 12.5. The predicted octanol–water partition coefficient (Wildman–Crippen LogP) is -0.816. The van der Waals surface area contributed by atoms with Gasteiger partial charge in [0.05, 0.1) is 24.9 Å². The Labute approximate surface area is 152 Å². The lowest BCUT2D eigenvalue weighted by Crippen LogP contribution is -2.56. The van der Waals surface area contributed by atoms with Gasteiger partial charge in [-0.15, -0.1) is 0 Å². The number of imide groups is 2. The van der Waals surface area contributed by atoms with Gasteiger partial charge in [0, 0.05) is 38.3 Å². The van der Waals surface area contributed by atoms with Crippen molar-refractivity contribution in [3.05, 3.63) is 0 Å². The van der Waals surface area contributed by atoms with E-state index in [9.17, 15) is 19.2 Å². The van der Waals surface area contributed by atoms with Crippen LogP contribution in [-0.2, 0) is 19.2 Å². The standard InChI is InChI=1S/C18H24N4O4/c23-15-9-13(17(25)21(15)11-1-2-11)19-5-7-20(8-6-19)14-10-16(24)22(18(14)26)12-3-4-12/h11-14H,1-10H2/t13-,14-/m1/s1. The number of hydrogen-bond donors (Lipinski definition) is 0. The van der Waals surface area contributed by atoms with E-state index in [2.05, 4.69) is 9.80 Å². The molecule has 0 aromatic rings. The van der Waals surface area contributed by atoms with Crippen molar-refractivity contribution in [3.63, 3.8) is 0 Å². The summed E-state index contributed by atoms with van der Waals surface area (Å²) in [5.41, 5.74) is 0. The average molecular weight is 360 g/mol. The number of amides is 4. The molecule has 3 heterocycles. The van der Waals surface area contributed by atoms with E-state index < -0.39 is 0 Å². The summed E-state index contributed by atoms with van der Waals surface area (Å²) in [5.74, 6) is -0.167. The molecular weight excluding hydrogens is 336 g/mol. The summed E-state index contributed by atoms with van der Waals surface area (Å²) >= 11 is 0. The summed E-state index contributed by atoms with van der Waals surface area (Å²) in [6.45, 7) is 2.63. The van der Waals surface area contributed by atoms with Gasteiger partial charge in [0.15, 0.2) is 0 Å². The van der Waals surface area contributed by atoms with Crippen LogP contribution in [0.4, 0.5) is 0 Å². The maximum absolute atomic E-state index is 12.6. The lowest BCUT2D eigenvalue weighted by molar-refractivity contribution is -0.143. The number of likely N-dealkylation sites (tertiary alicyclic amines) is 2. The van der Waals surface area contributed by atoms with E-state index in [0.717, 1.165) is 25.7 Å². The molecular formula is C18H24N4O4. The Bertz CT molecular complexity index is 621. The molecule has 3 aliphatic heterocycles. The van der Waals surface area contributed by atoms with Gasteiger partial charge in [-0.25, -0.2) is 0 Å². The Hall–Kier alpha value is -1.80.